The van der Waals surface area contributed by atoms with E-state index in [-0.39, 0.29) is 23.5 Å². The van der Waals surface area contributed by atoms with Gasteiger partial charge in [-0.15, -0.1) is 0 Å². The number of esters is 1. The van der Waals surface area contributed by atoms with E-state index in [0.29, 0.717) is 11.5 Å². The smallest absolute Gasteiger partial charge is 0.412 e. The van der Waals surface area contributed by atoms with E-state index in [9.17, 15) is 9.59 Å². The molecule has 0 unspecified atom stereocenters. The summed E-state index contributed by atoms with van der Waals surface area (Å²) >= 11 is 0. The molecule has 0 fully saturated rings. The predicted octanol–water partition coefficient (Wildman–Crippen LogP) is 4.07. The first-order valence-electron chi connectivity index (χ1n) is 8.54. The maximum absolute atomic E-state index is 12.2. The summed E-state index contributed by atoms with van der Waals surface area (Å²) in [5.41, 5.74) is -0.171. The fourth-order valence-electron chi connectivity index (χ4n) is 1.97. The molecule has 146 valence electrons. The van der Waals surface area contributed by atoms with Gasteiger partial charge in [0, 0.05) is 11.1 Å². The Bertz CT molecular complexity index is 815. The highest BCUT2D eigenvalue weighted by Gasteiger charge is 2.21. The molecule has 0 radical (unpaired) electrons. The van der Waals surface area contributed by atoms with Crippen molar-refractivity contribution in [1.82, 2.24) is 10.1 Å². The van der Waals surface area contributed by atoms with Crippen molar-refractivity contribution in [2.24, 2.45) is 0 Å². The maximum atomic E-state index is 12.2. The first-order chi connectivity index (χ1) is 12.4. The highest BCUT2D eigenvalue weighted by Crippen LogP contribution is 2.19. The Kier molecular flexibility index (Phi) is 5.88. The molecule has 27 heavy (non-hydrogen) atoms. The van der Waals surface area contributed by atoms with Crippen LogP contribution in [0.1, 0.15) is 63.6 Å². The van der Waals surface area contributed by atoms with Crippen molar-refractivity contribution in [3.63, 3.8) is 0 Å². The van der Waals surface area contributed by atoms with Gasteiger partial charge in [-0.05, 0) is 39.0 Å². The topological polar surface area (TPSA) is 104 Å². The van der Waals surface area contributed by atoms with E-state index in [1.54, 1.807) is 39.0 Å². The van der Waals surface area contributed by atoms with Gasteiger partial charge < -0.3 is 14.0 Å². The van der Waals surface area contributed by atoms with Crippen molar-refractivity contribution < 1.29 is 23.6 Å². The monoisotopic (exact) mass is 375 g/mol. The van der Waals surface area contributed by atoms with Crippen molar-refractivity contribution >= 4 is 17.7 Å². The third kappa shape index (κ3) is 6.40. The van der Waals surface area contributed by atoms with Crippen LogP contribution in [0.25, 0.3) is 0 Å². The van der Waals surface area contributed by atoms with Gasteiger partial charge >= 0.3 is 12.1 Å². The molecule has 2 aromatic rings. The van der Waals surface area contributed by atoms with E-state index >= 15 is 0 Å². The van der Waals surface area contributed by atoms with Crippen LogP contribution >= 0.6 is 0 Å². The Labute approximate surface area is 158 Å². The van der Waals surface area contributed by atoms with Crippen LogP contribution in [0.4, 0.5) is 10.5 Å². The maximum Gasteiger partial charge on any atom is 0.412 e. The number of hydrogen-bond acceptors (Lipinski definition) is 7. The Morgan fingerprint density at radius 2 is 1.85 bits per heavy atom. The van der Waals surface area contributed by atoms with Gasteiger partial charge in [0.1, 0.15) is 5.60 Å². The molecule has 2 rings (SSSR count). The summed E-state index contributed by atoms with van der Waals surface area (Å²) in [6.07, 6.45) is -0.603. The number of amides is 1. The quantitative estimate of drug-likeness (QED) is 0.803. The van der Waals surface area contributed by atoms with E-state index in [4.69, 9.17) is 14.0 Å². The van der Waals surface area contributed by atoms with Crippen molar-refractivity contribution in [3.8, 4) is 0 Å². The molecule has 8 nitrogen and oxygen atoms in total. The molecular formula is C19H25N3O5. The summed E-state index contributed by atoms with van der Waals surface area (Å²) < 4.78 is 15.5. The van der Waals surface area contributed by atoms with Gasteiger partial charge in [-0.3, -0.25) is 5.32 Å². The highest BCUT2D eigenvalue weighted by molar-refractivity contribution is 5.92. The normalized spacial score (nSPS) is 11.8. The van der Waals surface area contributed by atoms with Gasteiger partial charge in [-0.1, -0.05) is 32.0 Å². The van der Waals surface area contributed by atoms with Crippen LogP contribution in [-0.4, -0.2) is 27.8 Å². The number of anilines is 1. The third-order valence-electron chi connectivity index (χ3n) is 3.21. The fourth-order valence-corrected chi connectivity index (χ4v) is 1.97. The Balaban J connectivity index is 1.97. The molecule has 1 N–H and O–H groups in total. The number of carbonyl (C=O) groups is 2. The van der Waals surface area contributed by atoms with Crippen LogP contribution < -0.4 is 5.32 Å². The van der Waals surface area contributed by atoms with Crippen molar-refractivity contribution in [2.75, 3.05) is 5.32 Å². The van der Waals surface area contributed by atoms with Gasteiger partial charge in [0.05, 0.1) is 5.56 Å². The number of benzene rings is 1. The lowest BCUT2D eigenvalue weighted by Gasteiger charge is -2.19. The van der Waals surface area contributed by atoms with Crippen LogP contribution in [0.5, 0.6) is 0 Å². The molecule has 0 saturated heterocycles. The minimum absolute atomic E-state index is 0.133. The SMILES string of the molecule is CC(C)(C)OC(=O)Nc1cccc(C(=O)OCc2nc(C(C)(C)C)no2)c1. The first kappa shape index (κ1) is 20.4. The van der Waals surface area contributed by atoms with Crippen LogP contribution in [0.15, 0.2) is 28.8 Å². The predicted molar refractivity (Wildman–Crippen MR) is 98.4 cm³/mol. The molecule has 0 aliphatic rings. The Hall–Kier alpha value is -2.90. The van der Waals surface area contributed by atoms with Crippen LogP contribution in [0.2, 0.25) is 0 Å². The number of carbonyl (C=O) groups excluding carboxylic acids is 2. The average Bonchev–Trinajstić information content (AvgIpc) is 3.00. The zero-order valence-corrected chi connectivity index (χ0v) is 16.5. The highest BCUT2D eigenvalue weighted by atomic mass is 16.6. The summed E-state index contributed by atoms with van der Waals surface area (Å²) in [5, 5.41) is 6.45. The molecule has 8 heteroatoms. The minimum atomic E-state index is -0.614. The van der Waals surface area contributed by atoms with Crippen molar-refractivity contribution in [3.05, 3.63) is 41.5 Å². The summed E-state index contributed by atoms with van der Waals surface area (Å²) in [4.78, 5) is 28.3. The van der Waals surface area contributed by atoms with Crippen LogP contribution in [0.3, 0.4) is 0 Å². The zero-order valence-electron chi connectivity index (χ0n) is 16.5. The lowest BCUT2D eigenvalue weighted by molar-refractivity contribution is 0.0429. The molecule has 0 saturated carbocycles. The van der Waals surface area contributed by atoms with E-state index in [1.807, 2.05) is 20.8 Å². The molecular weight excluding hydrogens is 350 g/mol. The van der Waals surface area contributed by atoms with Gasteiger partial charge in [0.2, 0.25) is 0 Å². The first-order valence-corrected chi connectivity index (χ1v) is 8.54. The van der Waals surface area contributed by atoms with Gasteiger partial charge in [-0.25, -0.2) is 9.59 Å². The lowest BCUT2D eigenvalue weighted by Crippen LogP contribution is -2.27. The molecule has 1 aromatic heterocycles. The van der Waals surface area contributed by atoms with Gasteiger partial charge in [0.15, 0.2) is 12.4 Å². The summed E-state index contributed by atoms with van der Waals surface area (Å²) in [5.74, 6) is 0.187. The minimum Gasteiger partial charge on any atom is -0.452 e. The van der Waals surface area contributed by atoms with E-state index < -0.39 is 17.7 Å². The van der Waals surface area contributed by atoms with Gasteiger partial charge in [-0.2, -0.15) is 4.98 Å². The van der Waals surface area contributed by atoms with Crippen LogP contribution in [0, 0.1) is 0 Å². The molecule has 0 aliphatic carbocycles. The van der Waals surface area contributed by atoms with Crippen LogP contribution in [-0.2, 0) is 21.5 Å². The van der Waals surface area contributed by atoms with E-state index in [1.165, 1.54) is 6.07 Å². The number of nitrogens with one attached hydrogen (secondary N) is 1. The number of rotatable bonds is 4. The molecule has 0 aliphatic heterocycles. The second-order valence-corrected chi connectivity index (χ2v) is 8.05. The zero-order chi connectivity index (χ0) is 20.2. The number of nitrogens with zero attached hydrogens (tertiary/aromatic N) is 2. The third-order valence-corrected chi connectivity index (χ3v) is 3.21. The fraction of sp³-hybridized carbons (Fsp3) is 0.474. The van der Waals surface area contributed by atoms with Crippen molar-refractivity contribution in [1.29, 1.82) is 0 Å². The summed E-state index contributed by atoms with van der Waals surface area (Å²) in [6, 6.07) is 6.36. The summed E-state index contributed by atoms with van der Waals surface area (Å²) in [6.45, 7) is 11.0. The average molecular weight is 375 g/mol. The van der Waals surface area contributed by atoms with E-state index in [2.05, 4.69) is 15.5 Å². The van der Waals surface area contributed by atoms with Crippen molar-refractivity contribution in [2.45, 2.75) is 59.2 Å². The molecule has 0 bridgehead atoms. The van der Waals surface area contributed by atoms with Gasteiger partial charge in [0.25, 0.3) is 5.89 Å². The molecule has 0 spiro atoms. The standard InChI is InChI=1S/C19H25N3O5/c1-18(2,3)16-21-14(27-22-16)11-25-15(23)12-8-7-9-13(10-12)20-17(24)26-19(4,5)6/h7-10H,11H2,1-6H3,(H,20,24). The Morgan fingerprint density at radius 1 is 1.15 bits per heavy atom. The lowest BCUT2D eigenvalue weighted by atomic mass is 9.96. The molecule has 1 aromatic carbocycles. The molecule has 0 atom stereocenters. The number of aromatic nitrogens is 2. The molecule has 1 heterocycles. The second kappa shape index (κ2) is 7.77. The van der Waals surface area contributed by atoms with E-state index in [0.717, 1.165) is 0 Å². The second-order valence-electron chi connectivity index (χ2n) is 8.05. The number of ether oxygens (including phenoxy) is 2. The largest absolute Gasteiger partial charge is 0.452 e. The Morgan fingerprint density at radius 3 is 2.44 bits per heavy atom. The number of hydrogen-bond donors (Lipinski definition) is 1. The summed E-state index contributed by atoms with van der Waals surface area (Å²) in [7, 11) is 0. The molecule has 1 amide bonds.